The van der Waals surface area contributed by atoms with Crippen molar-refractivity contribution in [2.75, 3.05) is 18.0 Å². The number of sulfonamides is 1. The van der Waals surface area contributed by atoms with Crippen molar-refractivity contribution in [3.63, 3.8) is 0 Å². The summed E-state index contributed by atoms with van der Waals surface area (Å²) in [6, 6.07) is 20.9. The molecule has 0 aliphatic carbocycles. The molecule has 0 heterocycles. The first-order valence-corrected chi connectivity index (χ1v) is 14.9. The van der Waals surface area contributed by atoms with Gasteiger partial charge in [-0.15, -0.1) is 0 Å². The molecule has 3 aromatic carbocycles. The first-order valence-electron chi connectivity index (χ1n) is 12.6. The lowest BCUT2D eigenvalue weighted by Crippen LogP contribution is -2.52. The van der Waals surface area contributed by atoms with Crippen molar-refractivity contribution in [2.45, 2.75) is 50.7 Å². The Kier molecular flexibility index (Phi) is 10.5. The van der Waals surface area contributed by atoms with Crippen LogP contribution in [0.25, 0.3) is 0 Å². The Labute approximate surface area is 239 Å². The van der Waals surface area contributed by atoms with E-state index in [2.05, 4.69) is 21.2 Å². The second-order valence-corrected chi connectivity index (χ2v) is 11.9. The van der Waals surface area contributed by atoms with Crippen LogP contribution >= 0.6 is 15.9 Å². The number of hydrogen-bond donors (Lipinski definition) is 1. The Hall–Kier alpha value is -3.37. The minimum Gasteiger partial charge on any atom is -0.497 e. The minimum absolute atomic E-state index is 0.0433. The lowest BCUT2D eigenvalue weighted by molar-refractivity contribution is -0.139. The van der Waals surface area contributed by atoms with Crippen LogP contribution in [0.3, 0.4) is 0 Å². The maximum absolute atomic E-state index is 13.9. The van der Waals surface area contributed by atoms with Crippen LogP contribution in [-0.4, -0.2) is 50.9 Å². The van der Waals surface area contributed by atoms with E-state index in [-0.39, 0.29) is 29.1 Å². The smallest absolute Gasteiger partial charge is 0.264 e. The van der Waals surface area contributed by atoms with Gasteiger partial charge < -0.3 is 15.0 Å². The fourth-order valence-corrected chi connectivity index (χ4v) is 5.77. The summed E-state index contributed by atoms with van der Waals surface area (Å²) in [4.78, 5) is 28.5. The molecular formula is C29H34BrN3O5S. The zero-order chi connectivity index (χ0) is 28.6. The molecule has 0 bridgehead atoms. The van der Waals surface area contributed by atoms with Crippen molar-refractivity contribution in [3.8, 4) is 5.75 Å². The van der Waals surface area contributed by atoms with Crippen molar-refractivity contribution in [1.29, 1.82) is 0 Å². The van der Waals surface area contributed by atoms with Crippen LogP contribution in [0.1, 0.15) is 32.8 Å². The highest BCUT2D eigenvalue weighted by molar-refractivity contribution is 9.10. The first-order chi connectivity index (χ1) is 18.6. The average molecular weight is 617 g/mol. The Balaban J connectivity index is 2.03. The summed E-state index contributed by atoms with van der Waals surface area (Å²) in [6.07, 6.45) is 0.733. The van der Waals surface area contributed by atoms with E-state index in [4.69, 9.17) is 4.74 Å². The number of amides is 2. The van der Waals surface area contributed by atoms with E-state index in [1.807, 2.05) is 38.1 Å². The van der Waals surface area contributed by atoms with Gasteiger partial charge in [-0.3, -0.25) is 13.9 Å². The van der Waals surface area contributed by atoms with Gasteiger partial charge in [-0.2, -0.15) is 0 Å². The van der Waals surface area contributed by atoms with E-state index in [0.29, 0.717) is 5.75 Å². The summed E-state index contributed by atoms with van der Waals surface area (Å²) < 4.78 is 34.8. The topological polar surface area (TPSA) is 96.0 Å². The summed E-state index contributed by atoms with van der Waals surface area (Å²) in [5.41, 5.74) is 1.06. The molecular weight excluding hydrogens is 582 g/mol. The maximum atomic E-state index is 13.9. The molecule has 2 amide bonds. The molecule has 10 heteroatoms. The molecule has 39 heavy (non-hydrogen) atoms. The van der Waals surface area contributed by atoms with Crippen LogP contribution in [0.5, 0.6) is 5.75 Å². The van der Waals surface area contributed by atoms with Gasteiger partial charge in [0.25, 0.3) is 10.0 Å². The van der Waals surface area contributed by atoms with Crippen LogP contribution in [0, 0.1) is 0 Å². The lowest BCUT2D eigenvalue weighted by atomic mass is 10.1. The van der Waals surface area contributed by atoms with Gasteiger partial charge in [0.15, 0.2) is 0 Å². The third kappa shape index (κ3) is 7.83. The number of nitrogens with zero attached hydrogens (tertiary/aromatic N) is 2. The summed E-state index contributed by atoms with van der Waals surface area (Å²) in [5, 5.41) is 2.93. The van der Waals surface area contributed by atoms with Crippen molar-refractivity contribution >= 4 is 43.5 Å². The normalized spacial score (nSPS) is 12.7. The number of benzene rings is 3. The van der Waals surface area contributed by atoms with E-state index in [9.17, 15) is 18.0 Å². The number of carbonyl (C=O) groups excluding carboxylic acids is 2. The van der Waals surface area contributed by atoms with E-state index in [1.54, 1.807) is 49.4 Å². The van der Waals surface area contributed by atoms with Gasteiger partial charge >= 0.3 is 0 Å². The quantitative estimate of drug-likeness (QED) is 0.310. The molecule has 0 aliphatic rings. The number of nitrogens with one attached hydrogen (secondary N) is 1. The molecule has 1 N–H and O–H groups in total. The molecule has 2 atom stereocenters. The number of ether oxygens (including phenoxy) is 1. The predicted molar refractivity (Wildman–Crippen MR) is 156 cm³/mol. The first kappa shape index (κ1) is 30.2. The van der Waals surface area contributed by atoms with E-state index in [1.165, 1.54) is 24.1 Å². The van der Waals surface area contributed by atoms with Crippen molar-refractivity contribution in [1.82, 2.24) is 10.2 Å². The van der Waals surface area contributed by atoms with Crippen LogP contribution in [-0.2, 0) is 26.2 Å². The summed E-state index contributed by atoms with van der Waals surface area (Å²) in [5.74, 6) is -0.392. The maximum Gasteiger partial charge on any atom is 0.264 e. The van der Waals surface area contributed by atoms with E-state index in [0.717, 1.165) is 20.8 Å². The standard InChI is InChI=1S/C29H34BrN3O5S/c1-5-21(2)31-29(35)22(3)32(19-23-11-9-12-24(30)17-23)28(34)20-33(25-13-10-14-26(18-25)38-4)39(36,37)27-15-7-6-8-16-27/h6-18,21-22H,5,19-20H2,1-4H3,(H,31,35)/t21-,22+/m0/s1. The van der Waals surface area contributed by atoms with E-state index < -0.39 is 28.5 Å². The third-order valence-electron chi connectivity index (χ3n) is 6.36. The molecule has 208 valence electrons. The highest BCUT2D eigenvalue weighted by Gasteiger charge is 2.33. The lowest BCUT2D eigenvalue weighted by Gasteiger charge is -2.32. The molecule has 0 unspecified atom stereocenters. The van der Waals surface area contributed by atoms with Crippen LogP contribution in [0.15, 0.2) is 88.2 Å². The van der Waals surface area contributed by atoms with Gasteiger partial charge in [-0.1, -0.05) is 59.3 Å². The second kappa shape index (κ2) is 13.6. The molecule has 0 saturated carbocycles. The number of methoxy groups -OCH3 is 1. The number of halogens is 1. The van der Waals surface area contributed by atoms with E-state index >= 15 is 0 Å². The monoisotopic (exact) mass is 615 g/mol. The highest BCUT2D eigenvalue weighted by Crippen LogP contribution is 2.27. The van der Waals surface area contributed by atoms with Gasteiger partial charge in [-0.25, -0.2) is 8.42 Å². The van der Waals surface area contributed by atoms with Crippen LogP contribution < -0.4 is 14.4 Å². The minimum atomic E-state index is -4.13. The summed E-state index contributed by atoms with van der Waals surface area (Å²) in [6.45, 7) is 5.10. The molecule has 0 saturated heterocycles. The SMILES string of the molecule is CC[C@H](C)NC(=O)[C@@H](C)N(Cc1cccc(Br)c1)C(=O)CN(c1cccc(OC)c1)S(=O)(=O)c1ccccc1. The fourth-order valence-electron chi connectivity index (χ4n) is 3.89. The van der Waals surface area contributed by atoms with Gasteiger partial charge in [0.1, 0.15) is 18.3 Å². The third-order valence-corrected chi connectivity index (χ3v) is 8.64. The van der Waals surface area contributed by atoms with Gasteiger partial charge in [-0.05, 0) is 62.2 Å². The Morgan fingerprint density at radius 3 is 2.31 bits per heavy atom. The molecule has 0 radical (unpaired) electrons. The molecule has 0 spiro atoms. The highest BCUT2D eigenvalue weighted by atomic mass is 79.9. The Morgan fingerprint density at radius 1 is 0.974 bits per heavy atom. The number of anilines is 1. The van der Waals surface area contributed by atoms with Crippen LogP contribution in [0.2, 0.25) is 0 Å². The van der Waals surface area contributed by atoms with Gasteiger partial charge in [0.2, 0.25) is 11.8 Å². The van der Waals surface area contributed by atoms with Gasteiger partial charge in [0.05, 0.1) is 17.7 Å². The van der Waals surface area contributed by atoms with Crippen molar-refractivity contribution in [3.05, 3.63) is 88.9 Å². The Morgan fingerprint density at radius 2 is 1.67 bits per heavy atom. The molecule has 3 rings (SSSR count). The summed E-state index contributed by atoms with van der Waals surface area (Å²) >= 11 is 3.45. The van der Waals surface area contributed by atoms with Crippen LogP contribution in [0.4, 0.5) is 5.69 Å². The zero-order valence-corrected chi connectivity index (χ0v) is 24.9. The van der Waals surface area contributed by atoms with Gasteiger partial charge in [0, 0.05) is 23.1 Å². The molecule has 0 fully saturated rings. The molecule has 8 nitrogen and oxygen atoms in total. The fraction of sp³-hybridized carbons (Fsp3) is 0.310. The second-order valence-electron chi connectivity index (χ2n) is 9.17. The Bertz CT molecular complexity index is 1380. The molecule has 0 aliphatic heterocycles. The summed E-state index contributed by atoms with van der Waals surface area (Å²) in [7, 11) is -2.65. The zero-order valence-electron chi connectivity index (χ0n) is 22.5. The van der Waals surface area contributed by atoms with Crippen molar-refractivity contribution in [2.24, 2.45) is 0 Å². The number of rotatable bonds is 12. The number of carbonyl (C=O) groups is 2. The largest absolute Gasteiger partial charge is 0.497 e. The molecule has 3 aromatic rings. The predicted octanol–water partition coefficient (Wildman–Crippen LogP) is 4.99. The number of hydrogen-bond acceptors (Lipinski definition) is 5. The average Bonchev–Trinajstić information content (AvgIpc) is 2.94. The van der Waals surface area contributed by atoms with Crippen molar-refractivity contribution < 1.29 is 22.7 Å². The molecule has 0 aromatic heterocycles.